The molecule has 110 valence electrons. The van der Waals surface area contributed by atoms with Crippen molar-refractivity contribution in [2.75, 3.05) is 0 Å². The SMILES string of the molecule is Cc1ccc(F)cc1Oc1ccc(CNC2CC2)cc1F. The Hall–Kier alpha value is -1.94. The third-order valence-electron chi connectivity index (χ3n) is 3.54. The van der Waals surface area contributed by atoms with E-state index in [1.54, 1.807) is 19.1 Å². The Balaban J connectivity index is 1.74. The van der Waals surface area contributed by atoms with Crippen molar-refractivity contribution in [1.29, 1.82) is 0 Å². The summed E-state index contributed by atoms with van der Waals surface area (Å²) in [4.78, 5) is 0. The molecular weight excluding hydrogens is 272 g/mol. The largest absolute Gasteiger partial charge is 0.454 e. The van der Waals surface area contributed by atoms with Crippen LogP contribution in [0.4, 0.5) is 8.78 Å². The minimum Gasteiger partial charge on any atom is -0.454 e. The van der Waals surface area contributed by atoms with Gasteiger partial charge in [-0.05, 0) is 49.1 Å². The van der Waals surface area contributed by atoms with Crippen LogP contribution in [0.25, 0.3) is 0 Å². The molecule has 0 atom stereocenters. The fraction of sp³-hybridized carbons (Fsp3) is 0.294. The molecule has 0 unspecified atom stereocenters. The summed E-state index contributed by atoms with van der Waals surface area (Å²) in [6, 6.07) is 9.67. The van der Waals surface area contributed by atoms with Crippen LogP contribution in [0.2, 0.25) is 0 Å². The average Bonchev–Trinajstić information content (AvgIpc) is 3.27. The lowest BCUT2D eigenvalue weighted by Crippen LogP contribution is -2.15. The van der Waals surface area contributed by atoms with Gasteiger partial charge in [-0.2, -0.15) is 0 Å². The molecule has 1 saturated carbocycles. The van der Waals surface area contributed by atoms with Gasteiger partial charge in [-0.3, -0.25) is 0 Å². The van der Waals surface area contributed by atoms with Crippen molar-refractivity contribution in [3.8, 4) is 11.5 Å². The normalized spacial score (nSPS) is 14.2. The number of hydrogen-bond donors (Lipinski definition) is 1. The summed E-state index contributed by atoms with van der Waals surface area (Å²) >= 11 is 0. The number of benzene rings is 2. The third kappa shape index (κ3) is 3.58. The second-order valence-electron chi connectivity index (χ2n) is 5.43. The Morgan fingerprint density at radius 2 is 1.90 bits per heavy atom. The van der Waals surface area contributed by atoms with Crippen LogP contribution in [0.1, 0.15) is 24.0 Å². The van der Waals surface area contributed by atoms with Gasteiger partial charge < -0.3 is 10.1 Å². The number of ether oxygens (including phenoxy) is 1. The summed E-state index contributed by atoms with van der Waals surface area (Å²) < 4.78 is 32.8. The Bertz CT molecular complexity index is 653. The molecular formula is C17H17F2NO. The van der Waals surface area contributed by atoms with Gasteiger partial charge in [0.2, 0.25) is 0 Å². The molecule has 0 spiro atoms. The second kappa shape index (κ2) is 5.82. The second-order valence-corrected chi connectivity index (χ2v) is 5.43. The lowest BCUT2D eigenvalue weighted by atomic mass is 10.2. The van der Waals surface area contributed by atoms with E-state index in [1.165, 1.54) is 31.0 Å². The average molecular weight is 289 g/mol. The molecule has 0 radical (unpaired) electrons. The van der Waals surface area contributed by atoms with Crippen LogP contribution in [0.3, 0.4) is 0 Å². The van der Waals surface area contributed by atoms with Crippen molar-refractivity contribution >= 4 is 0 Å². The maximum absolute atomic E-state index is 14.1. The van der Waals surface area contributed by atoms with Crippen molar-refractivity contribution in [1.82, 2.24) is 5.32 Å². The number of halogens is 2. The molecule has 0 heterocycles. The highest BCUT2D eigenvalue weighted by atomic mass is 19.1. The van der Waals surface area contributed by atoms with Crippen LogP contribution in [0.5, 0.6) is 11.5 Å². The van der Waals surface area contributed by atoms with Crippen LogP contribution in [0.15, 0.2) is 36.4 Å². The molecule has 2 aromatic carbocycles. The van der Waals surface area contributed by atoms with Gasteiger partial charge in [0, 0.05) is 18.7 Å². The molecule has 4 heteroatoms. The van der Waals surface area contributed by atoms with Crippen molar-refractivity contribution in [3.63, 3.8) is 0 Å². The lowest BCUT2D eigenvalue weighted by molar-refractivity contribution is 0.435. The van der Waals surface area contributed by atoms with Crippen molar-refractivity contribution in [3.05, 3.63) is 59.2 Å². The fourth-order valence-electron chi connectivity index (χ4n) is 2.09. The van der Waals surface area contributed by atoms with Gasteiger partial charge in [0.25, 0.3) is 0 Å². The number of rotatable bonds is 5. The monoisotopic (exact) mass is 289 g/mol. The van der Waals surface area contributed by atoms with E-state index in [2.05, 4.69) is 5.32 Å². The Morgan fingerprint density at radius 3 is 2.62 bits per heavy atom. The van der Waals surface area contributed by atoms with E-state index in [4.69, 9.17) is 4.74 Å². The fourth-order valence-corrected chi connectivity index (χ4v) is 2.09. The Kier molecular flexibility index (Phi) is 3.88. The van der Waals surface area contributed by atoms with Gasteiger partial charge in [0.05, 0.1) is 0 Å². The highest BCUT2D eigenvalue weighted by Crippen LogP contribution is 2.28. The topological polar surface area (TPSA) is 21.3 Å². The minimum absolute atomic E-state index is 0.110. The molecule has 0 saturated heterocycles. The molecule has 1 aliphatic rings. The van der Waals surface area contributed by atoms with Crippen LogP contribution in [-0.4, -0.2) is 6.04 Å². The predicted octanol–water partition coefficient (Wildman–Crippen LogP) is 4.32. The molecule has 1 aliphatic carbocycles. The number of aryl methyl sites for hydroxylation is 1. The quantitative estimate of drug-likeness (QED) is 0.885. The first-order valence-electron chi connectivity index (χ1n) is 7.07. The van der Waals surface area contributed by atoms with E-state index in [1.807, 2.05) is 6.07 Å². The van der Waals surface area contributed by atoms with E-state index in [0.29, 0.717) is 18.3 Å². The first-order valence-corrected chi connectivity index (χ1v) is 7.07. The summed E-state index contributed by atoms with van der Waals surface area (Å²) in [5.74, 6) is -0.397. The Morgan fingerprint density at radius 1 is 1.10 bits per heavy atom. The smallest absolute Gasteiger partial charge is 0.166 e. The van der Waals surface area contributed by atoms with Crippen molar-refractivity contribution in [2.24, 2.45) is 0 Å². The molecule has 2 aromatic rings. The first kappa shape index (κ1) is 14.0. The zero-order valence-electron chi connectivity index (χ0n) is 11.8. The summed E-state index contributed by atoms with van der Waals surface area (Å²) in [6.07, 6.45) is 2.39. The van der Waals surface area contributed by atoms with E-state index in [0.717, 1.165) is 11.1 Å². The molecule has 1 fully saturated rings. The zero-order chi connectivity index (χ0) is 14.8. The van der Waals surface area contributed by atoms with Gasteiger partial charge >= 0.3 is 0 Å². The molecule has 21 heavy (non-hydrogen) atoms. The Labute approximate surface area is 122 Å². The van der Waals surface area contributed by atoms with E-state index in [-0.39, 0.29) is 5.75 Å². The maximum Gasteiger partial charge on any atom is 0.166 e. The highest BCUT2D eigenvalue weighted by molar-refractivity contribution is 5.39. The van der Waals surface area contributed by atoms with Crippen molar-refractivity contribution < 1.29 is 13.5 Å². The van der Waals surface area contributed by atoms with Crippen LogP contribution in [-0.2, 0) is 6.54 Å². The van der Waals surface area contributed by atoms with Gasteiger partial charge in [-0.15, -0.1) is 0 Å². The third-order valence-corrected chi connectivity index (χ3v) is 3.54. The summed E-state index contributed by atoms with van der Waals surface area (Å²) in [7, 11) is 0. The first-order chi connectivity index (χ1) is 10.1. The molecule has 1 N–H and O–H groups in total. The molecule has 0 amide bonds. The highest BCUT2D eigenvalue weighted by Gasteiger charge is 2.20. The maximum atomic E-state index is 14.1. The molecule has 0 bridgehead atoms. The summed E-state index contributed by atoms with van der Waals surface area (Å²) in [5.41, 5.74) is 1.64. The molecule has 0 aromatic heterocycles. The molecule has 2 nitrogen and oxygen atoms in total. The van der Waals surface area contributed by atoms with Gasteiger partial charge in [0.15, 0.2) is 11.6 Å². The standard InChI is InChI=1S/C17H17F2NO/c1-11-2-4-13(18)9-17(11)21-16-7-3-12(8-15(16)19)10-20-14-5-6-14/h2-4,7-9,14,20H,5-6,10H2,1H3. The number of hydrogen-bond acceptors (Lipinski definition) is 2. The van der Waals surface area contributed by atoms with E-state index in [9.17, 15) is 8.78 Å². The summed E-state index contributed by atoms with van der Waals surface area (Å²) in [5, 5.41) is 3.33. The van der Waals surface area contributed by atoms with E-state index >= 15 is 0 Å². The zero-order valence-corrected chi connectivity index (χ0v) is 11.8. The van der Waals surface area contributed by atoms with Gasteiger partial charge in [-0.1, -0.05) is 12.1 Å². The minimum atomic E-state index is -0.436. The van der Waals surface area contributed by atoms with Crippen LogP contribution >= 0.6 is 0 Å². The molecule has 0 aliphatic heterocycles. The van der Waals surface area contributed by atoms with Gasteiger partial charge in [-0.25, -0.2) is 8.78 Å². The van der Waals surface area contributed by atoms with Gasteiger partial charge in [0.1, 0.15) is 11.6 Å². The van der Waals surface area contributed by atoms with Crippen LogP contribution < -0.4 is 10.1 Å². The predicted molar refractivity (Wildman–Crippen MR) is 77.5 cm³/mol. The van der Waals surface area contributed by atoms with Crippen LogP contribution in [0, 0.1) is 18.6 Å². The molecule has 3 rings (SSSR count). The number of nitrogens with one attached hydrogen (secondary N) is 1. The lowest BCUT2D eigenvalue weighted by Gasteiger charge is -2.11. The summed E-state index contributed by atoms with van der Waals surface area (Å²) in [6.45, 7) is 2.45. The van der Waals surface area contributed by atoms with E-state index < -0.39 is 11.6 Å². The van der Waals surface area contributed by atoms with Crippen molar-refractivity contribution in [2.45, 2.75) is 32.4 Å².